The maximum atomic E-state index is 13.4. The quantitative estimate of drug-likeness (QED) is 0.214. The van der Waals surface area contributed by atoms with Gasteiger partial charge >= 0.3 is 0 Å². The van der Waals surface area contributed by atoms with Crippen molar-refractivity contribution in [3.05, 3.63) is 94.3 Å². The fraction of sp³-hybridized carbons (Fsp3) is 0.167. The van der Waals surface area contributed by atoms with E-state index in [2.05, 4.69) is 37.8 Å². The minimum absolute atomic E-state index is 0.0198. The second kappa shape index (κ2) is 8.39. The van der Waals surface area contributed by atoms with Crippen molar-refractivity contribution in [1.82, 2.24) is 9.55 Å². The summed E-state index contributed by atoms with van der Waals surface area (Å²) in [6.45, 7) is 8.56. The van der Waals surface area contributed by atoms with E-state index in [-0.39, 0.29) is 5.56 Å². The molecule has 0 radical (unpaired) electrons. The number of fused-ring (bicyclic) bond motifs is 1. The Labute approximate surface area is 178 Å². The average molecular weight is 419 g/mol. The molecule has 0 bridgehead atoms. The third kappa shape index (κ3) is 4.36. The molecule has 3 nitrogen and oxygen atoms in total. The van der Waals surface area contributed by atoms with Gasteiger partial charge in [0.15, 0.2) is 5.16 Å². The fourth-order valence-electron chi connectivity index (χ4n) is 3.05. The van der Waals surface area contributed by atoms with Crippen molar-refractivity contribution in [3.63, 3.8) is 0 Å². The molecule has 0 spiro atoms. The lowest BCUT2D eigenvalue weighted by atomic mass is 10.1. The van der Waals surface area contributed by atoms with E-state index in [9.17, 15) is 4.79 Å². The van der Waals surface area contributed by atoms with E-state index in [1.807, 2.05) is 43.3 Å². The van der Waals surface area contributed by atoms with Crippen molar-refractivity contribution in [2.45, 2.75) is 25.5 Å². The Morgan fingerprint density at radius 2 is 1.86 bits per heavy atom. The lowest BCUT2D eigenvalue weighted by Gasteiger charge is -2.12. The zero-order chi connectivity index (χ0) is 20.4. The maximum Gasteiger partial charge on any atom is 0.272 e. The van der Waals surface area contributed by atoms with Crippen LogP contribution < -0.4 is 5.56 Å². The van der Waals surface area contributed by atoms with Crippen LogP contribution in [0.3, 0.4) is 0 Å². The fourth-order valence-corrected chi connectivity index (χ4v) is 4.95. The number of aryl methyl sites for hydroxylation is 1. The molecule has 0 aliphatic carbocycles. The van der Waals surface area contributed by atoms with Gasteiger partial charge in [0.05, 0.1) is 12.1 Å². The van der Waals surface area contributed by atoms with Gasteiger partial charge in [0, 0.05) is 10.6 Å². The van der Waals surface area contributed by atoms with Crippen LogP contribution in [0.1, 0.15) is 18.1 Å². The van der Waals surface area contributed by atoms with Crippen molar-refractivity contribution in [3.8, 4) is 10.4 Å². The number of hydrogen-bond donors (Lipinski definition) is 0. The standard InChI is InChI=1S/C24H22N2OS2/c1-16(2)15-28-24-25-20-13-21(19-11-9-17(3)10-12-19)29-22(20)23(27)26(24)14-18-7-5-4-6-8-18/h4-13H,1,14-15H2,2-3H3. The highest BCUT2D eigenvalue weighted by Crippen LogP contribution is 2.32. The highest BCUT2D eigenvalue weighted by atomic mass is 32.2. The highest BCUT2D eigenvalue weighted by molar-refractivity contribution is 7.99. The number of nitrogens with zero attached hydrogens (tertiary/aromatic N) is 2. The molecular formula is C24H22N2OS2. The second-order valence-corrected chi connectivity index (χ2v) is 9.20. The van der Waals surface area contributed by atoms with Crippen LogP contribution in [0, 0.1) is 6.92 Å². The number of benzene rings is 2. The third-order valence-electron chi connectivity index (χ3n) is 4.57. The first kappa shape index (κ1) is 19.7. The Balaban J connectivity index is 1.83. The zero-order valence-corrected chi connectivity index (χ0v) is 18.1. The van der Waals surface area contributed by atoms with E-state index >= 15 is 0 Å². The van der Waals surface area contributed by atoms with Gasteiger partial charge in [0.25, 0.3) is 5.56 Å². The van der Waals surface area contributed by atoms with E-state index in [0.29, 0.717) is 11.2 Å². The van der Waals surface area contributed by atoms with Crippen molar-refractivity contribution >= 4 is 33.3 Å². The van der Waals surface area contributed by atoms with Crippen molar-refractivity contribution in [1.29, 1.82) is 0 Å². The summed E-state index contributed by atoms with van der Waals surface area (Å²) in [5.74, 6) is 0.738. The summed E-state index contributed by atoms with van der Waals surface area (Å²) >= 11 is 3.09. The van der Waals surface area contributed by atoms with Crippen LogP contribution in [0.25, 0.3) is 20.7 Å². The van der Waals surface area contributed by atoms with Crippen LogP contribution in [0.15, 0.2) is 82.8 Å². The molecule has 146 valence electrons. The molecule has 0 unspecified atom stereocenters. The summed E-state index contributed by atoms with van der Waals surface area (Å²) in [5.41, 5.74) is 5.26. The molecule has 0 aliphatic heterocycles. The normalized spacial score (nSPS) is 11.1. The van der Waals surface area contributed by atoms with Gasteiger partial charge in [-0.2, -0.15) is 0 Å². The van der Waals surface area contributed by atoms with E-state index in [4.69, 9.17) is 4.98 Å². The molecule has 0 saturated carbocycles. The van der Waals surface area contributed by atoms with Crippen molar-refractivity contribution in [2.24, 2.45) is 0 Å². The third-order valence-corrected chi connectivity index (χ3v) is 6.93. The van der Waals surface area contributed by atoms with E-state index < -0.39 is 0 Å². The van der Waals surface area contributed by atoms with E-state index in [0.717, 1.165) is 38.0 Å². The van der Waals surface area contributed by atoms with Gasteiger partial charge in [-0.1, -0.05) is 84.1 Å². The Morgan fingerprint density at radius 1 is 1.14 bits per heavy atom. The molecule has 0 amide bonds. The summed E-state index contributed by atoms with van der Waals surface area (Å²) < 4.78 is 2.50. The minimum atomic E-state index is 0.0198. The molecule has 0 fully saturated rings. The van der Waals surface area contributed by atoms with E-state index in [1.165, 1.54) is 16.9 Å². The smallest absolute Gasteiger partial charge is 0.272 e. The summed E-state index contributed by atoms with van der Waals surface area (Å²) in [4.78, 5) is 19.3. The predicted molar refractivity (Wildman–Crippen MR) is 125 cm³/mol. The average Bonchev–Trinajstić information content (AvgIpc) is 3.14. The monoisotopic (exact) mass is 418 g/mol. The molecule has 0 saturated heterocycles. The lowest BCUT2D eigenvalue weighted by Crippen LogP contribution is -2.23. The number of aromatic nitrogens is 2. The molecule has 0 atom stereocenters. The number of rotatable bonds is 6. The first-order valence-electron chi connectivity index (χ1n) is 9.44. The Bertz CT molecular complexity index is 1220. The van der Waals surface area contributed by atoms with Crippen LogP contribution in [-0.2, 0) is 6.54 Å². The summed E-state index contributed by atoms with van der Waals surface area (Å²) in [6, 6.07) is 20.5. The summed E-state index contributed by atoms with van der Waals surface area (Å²) in [6.07, 6.45) is 0. The number of hydrogen-bond acceptors (Lipinski definition) is 4. The highest BCUT2D eigenvalue weighted by Gasteiger charge is 2.16. The van der Waals surface area contributed by atoms with Crippen molar-refractivity contribution in [2.75, 3.05) is 5.75 Å². The van der Waals surface area contributed by atoms with Crippen LogP contribution in [0.5, 0.6) is 0 Å². The summed E-state index contributed by atoms with van der Waals surface area (Å²) in [5, 5.41) is 0.739. The lowest BCUT2D eigenvalue weighted by molar-refractivity contribution is 0.660. The predicted octanol–water partition coefficient (Wildman–Crippen LogP) is 6.15. The largest absolute Gasteiger partial charge is 0.282 e. The van der Waals surface area contributed by atoms with Crippen LogP contribution in [-0.4, -0.2) is 15.3 Å². The van der Waals surface area contributed by atoms with Gasteiger partial charge < -0.3 is 0 Å². The topological polar surface area (TPSA) is 34.9 Å². The second-order valence-electron chi connectivity index (χ2n) is 7.21. The Hall–Kier alpha value is -2.63. The van der Waals surface area contributed by atoms with Gasteiger partial charge in [-0.15, -0.1) is 11.3 Å². The zero-order valence-electron chi connectivity index (χ0n) is 16.5. The minimum Gasteiger partial charge on any atom is -0.282 e. The molecule has 0 N–H and O–H groups in total. The number of thioether (sulfide) groups is 1. The molecule has 2 heterocycles. The van der Waals surface area contributed by atoms with Gasteiger partial charge in [0.2, 0.25) is 0 Å². The van der Waals surface area contributed by atoms with Gasteiger partial charge in [-0.25, -0.2) is 4.98 Å². The van der Waals surface area contributed by atoms with Gasteiger partial charge in [-0.05, 0) is 31.0 Å². The number of thiophene rings is 1. The van der Waals surface area contributed by atoms with Crippen molar-refractivity contribution < 1.29 is 0 Å². The molecule has 2 aromatic carbocycles. The van der Waals surface area contributed by atoms with Crippen LogP contribution in [0.2, 0.25) is 0 Å². The summed E-state index contributed by atoms with van der Waals surface area (Å²) in [7, 11) is 0. The van der Waals surface area contributed by atoms with Crippen LogP contribution >= 0.6 is 23.1 Å². The van der Waals surface area contributed by atoms with Gasteiger partial charge in [0.1, 0.15) is 4.70 Å². The van der Waals surface area contributed by atoms with Gasteiger partial charge in [-0.3, -0.25) is 9.36 Å². The molecule has 5 heteroatoms. The molecular weight excluding hydrogens is 396 g/mol. The first-order chi connectivity index (χ1) is 14.0. The molecule has 2 aromatic heterocycles. The Morgan fingerprint density at radius 3 is 2.55 bits per heavy atom. The Kier molecular flexibility index (Phi) is 5.69. The van der Waals surface area contributed by atoms with Crippen LogP contribution in [0.4, 0.5) is 0 Å². The maximum absolute atomic E-state index is 13.4. The molecule has 0 aliphatic rings. The molecule has 29 heavy (non-hydrogen) atoms. The van der Waals surface area contributed by atoms with E-state index in [1.54, 1.807) is 16.3 Å². The first-order valence-corrected chi connectivity index (χ1v) is 11.2. The molecule has 4 rings (SSSR count). The molecule has 4 aromatic rings. The SMILES string of the molecule is C=C(C)CSc1nc2cc(-c3ccc(C)cc3)sc2c(=O)n1Cc1ccccc1.